The molecule has 0 aliphatic heterocycles. The average molecular weight is 418 g/mol. The molecular weight excluding hydrogens is 398 g/mol. The van der Waals surface area contributed by atoms with E-state index in [0.29, 0.717) is 28.1 Å². The molecule has 2 N–H and O–H groups in total. The largest absolute Gasteiger partial charge is 0.497 e. The van der Waals surface area contributed by atoms with Crippen molar-refractivity contribution >= 4 is 35.0 Å². The number of benzene rings is 2. The van der Waals surface area contributed by atoms with E-state index < -0.39 is 0 Å². The third-order valence-electron chi connectivity index (χ3n) is 3.92. The first-order valence-corrected chi connectivity index (χ1v) is 9.92. The van der Waals surface area contributed by atoms with Crippen LogP contribution in [0.4, 0.5) is 5.69 Å². The van der Waals surface area contributed by atoms with Crippen LogP contribution in [0.25, 0.3) is 0 Å². The average Bonchev–Trinajstić information content (AvgIpc) is 3.10. The zero-order chi connectivity index (χ0) is 19.9. The Labute approximate surface area is 172 Å². The molecule has 0 aliphatic rings. The standard InChI is InChI=1S/C20H20ClN3O3S/c1-27-18-8-2-14(3-9-18)10-24-11-17(12-25)23-20(24)28-13-19(26)22-16-6-4-15(21)5-7-16/h2-9,11,25H,10,12-13H2,1H3,(H,22,26). The molecule has 0 unspecified atom stereocenters. The van der Waals surface area contributed by atoms with Gasteiger partial charge in [0, 0.05) is 23.5 Å². The molecule has 1 heterocycles. The van der Waals surface area contributed by atoms with Crippen LogP contribution in [-0.2, 0) is 17.9 Å². The summed E-state index contributed by atoms with van der Waals surface area (Å²) < 4.78 is 7.10. The predicted molar refractivity (Wildman–Crippen MR) is 111 cm³/mol. The fourth-order valence-corrected chi connectivity index (χ4v) is 3.47. The smallest absolute Gasteiger partial charge is 0.234 e. The van der Waals surface area contributed by atoms with E-state index >= 15 is 0 Å². The third-order valence-corrected chi connectivity index (χ3v) is 5.17. The molecule has 0 saturated carbocycles. The molecular formula is C20H20ClN3O3S. The van der Waals surface area contributed by atoms with Gasteiger partial charge in [-0.15, -0.1) is 0 Å². The molecule has 0 fully saturated rings. The number of methoxy groups -OCH3 is 1. The maximum atomic E-state index is 12.2. The van der Waals surface area contributed by atoms with Crippen molar-refractivity contribution in [2.45, 2.75) is 18.3 Å². The van der Waals surface area contributed by atoms with Gasteiger partial charge in [0.05, 0.1) is 25.2 Å². The van der Waals surface area contributed by atoms with Gasteiger partial charge < -0.3 is 19.7 Å². The SMILES string of the molecule is COc1ccc(Cn2cc(CO)nc2SCC(=O)Nc2ccc(Cl)cc2)cc1. The summed E-state index contributed by atoms with van der Waals surface area (Å²) in [4.78, 5) is 16.6. The molecule has 28 heavy (non-hydrogen) atoms. The molecule has 2 aromatic carbocycles. The number of nitrogens with one attached hydrogen (secondary N) is 1. The first-order chi connectivity index (χ1) is 13.6. The van der Waals surface area contributed by atoms with E-state index in [0.717, 1.165) is 11.3 Å². The minimum atomic E-state index is -0.153. The van der Waals surface area contributed by atoms with Crippen LogP contribution in [0.1, 0.15) is 11.3 Å². The number of anilines is 1. The van der Waals surface area contributed by atoms with Crippen LogP contribution in [-0.4, -0.2) is 33.4 Å². The maximum Gasteiger partial charge on any atom is 0.234 e. The van der Waals surface area contributed by atoms with Crippen molar-refractivity contribution in [2.24, 2.45) is 0 Å². The summed E-state index contributed by atoms with van der Waals surface area (Å²) in [6, 6.07) is 14.7. The number of aromatic nitrogens is 2. The van der Waals surface area contributed by atoms with Crippen LogP contribution in [0.3, 0.4) is 0 Å². The molecule has 1 amide bonds. The van der Waals surface area contributed by atoms with Gasteiger partial charge in [0.25, 0.3) is 0 Å². The van der Waals surface area contributed by atoms with E-state index in [9.17, 15) is 9.90 Å². The topological polar surface area (TPSA) is 76.4 Å². The van der Waals surface area contributed by atoms with E-state index in [4.69, 9.17) is 16.3 Å². The van der Waals surface area contributed by atoms with Gasteiger partial charge in [-0.05, 0) is 42.0 Å². The number of amides is 1. The fourth-order valence-electron chi connectivity index (χ4n) is 2.54. The lowest BCUT2D eigenvalue weighted by molar-refractivity contribution is -0.113. The minimum Gasteiger partial charge on any atom is -0.497 e. The number of ether oxygens (including phenoxy) is 1. The second-order valence-corrected chi connectivity index (χ2v) is 7.37. The summed E-state index contributed by atoms with van der Waals surface area (Å²) in [6.07, 6.45) is 1.80. The highest BCUT2D eigenvalue weighted by molar-refractivity contribution is 7.99. The first kappa shape index (κ1) is 20.3. The molecule has 0 atom stereocenters. The zero-order valence-corrected chi connectivity index (χ0v) is 16.8. The Balaban J connectivity index is 1.64. The Morgan fingerprint density at radius 2 is 1.93 bits per heavy atom. The molecule has 0 aliphatic carbocycles. The lowest BCUT2D eigenvalue weighted by Gasteiger charge is -2.09. The van der Waals surface area contributed by atoms with Crippen molar-refractivity contribution in [1.82, 2.24) is 9.55 Å². The molecule has 0 bridgehead atoms. The lowest BCUT2D eigenvalue weighted by Crippen LogP contribution is -2.14. The van der Waals surface area contributed by atoms with E-state index in [1.165, 1.54) is 11.8 Å². The van der Waals surface area contributed by atoms with Crippen molar-refractivity contribution in [3.8, 4) is 5.75 Å². The second-order valence-electron chi connectivity index (χ2n) is 5.99. The van der Waals surface area contributed by atoms with Crippen LogP contribution >= 0.6 is 23.4 Å². The fraction of sp³-hybridized carbons (Fsp3) is 0.200. The molecule has 3 rings (SSSR count). The third kappa shape index (κ3) is 5.51. The second kappa shape index (κ2) is 9.64. The molecule has 8 heteroatoms. The molecule has 0 spiro atoms. The van der Waals surface area contributed by atoms with Gasteiger partial charge in [0.2, 0.25) is 5.91 Å². The number of rotatable bonds is 8. The van der Waals surface area contributed by atoms with Crippen molar-refractivity contribution < 1.29 is 14.6 Å². The number of aliphatic hydroxyl groups is 1. The van der Waals surface area contributed by atoms with Crippen LogP contribution in [0.5, 0.6) is 5.75 Å². The highest BCUT2D eigenvalue weighted by atomic mass is 35.5. The van der Waals surface area contributed by atoms with E-state index in [1.807, 2.05) is 28.8 Å². The number of aliphatic hydroxyl groups excluding tert-OH is 1. The number of carbonyl (C=O) groups is 1. The number of imidazole rings is 1. The monoisotopic (exact) mass is 417 g/mol. The van der Waals surface area contributed by atoms with Gasteiger partial charge in [-0.2, -0.15) is 0 Å². The van der Waals surface area contributed by atoms with Crippen molar-refractivity contribution in [1.29, 1.82) is 0 Å². The number of hydrogen-bond donors (Lipinski definition) is 2. The molecule has 146 valence electrons. The van der Waals surface area contributed by atoms with Crippen LogP contribution in [0.15, 0.2) is 59.9 Å². The van der Waals surface area contributed by atoms with Gasteiger partial charge in [0.1, 0.15) is 5.75 Å². The van der Waals surface area contributed by atoms with Gasteiger partial charge in [-0.1, -0.05) is 35.5 Å². The quantitative estimate of drug-likeness (QED) is 0.545. The van der Waals surface area contributed by atoms with Crippen LogP contribution in [0, 0.1) is 0 Å². The Morgan fingerprint density at radius 3 is 2.57 bits per heavy atom. The van der Waals surface area contributed by atoms with Gasteiger partial charge in [-0.3, -0.25) is 4.79 Å². The van der Waals surface area contributed by atoms with E-state index in [2.05, 4.69) is 10.3 Å². The Morgan fingerprint density at radius 1 is 1.21 bits per heavy atom. The number of halogens is 1. The zero-order valence-electron chi connectivity index (χ0n) is 15.3. The highest BCUT2D eigenvalue weighted by Gasteiger charge is 2.12. The van der Waals surface area contributed by atoms with Crippen LogP contribution < -0.4 is 10.1 Å². The number of thioether (sulfide) groups is 1. The van der Waals surface area contributed by atoms with Crippen LogP contribution in [0.2, 0.25) is 5.02 Å². The summed E-state index contributed by atoms with van der Waals surface area (Å²) in [6.45, 7) is 0.429. The molecule has 0 saturated heterocycles. The van der Waals surface area contributed by atoms with Crippen molar-refractivity contribution in [3.63, 3.8) is 0 Å². The minimum absolute atomic E-state index is 0.142. The highest BCUT2D eigenvalue weighted by Crippen LogP contribution is 2.21. The summed E-state index contributed by atoms with van der Waals surface area (Å²) in [5.74, 6) is 0.850. The Bertz CT molecular complexity index is 927. The Hall–Kier alpha value is -2.48. The number of nitrogens with zero attached hydrogens (tertiary/aromatic N) is 2. The van der Waals surface area contributed by atoms with E-state index in [1.54, 1.807) is 37.6 Å². The molecule has 0 radical (unpaired) electrons. The van der Waals surface area contributed by atoms with Gasteiger partial charge >= 0.3 is 0 Å². The predicted octanol–water partition coefficient (Wildman–Crippen LogP) is 3.82. The Kier molecular flexibility index (Phi) is 6.97. The first-order valence-electron chi connectivity index (χ1n) is 8.55. The van der Waals surface area contributed by atoms with E-state index in [-0.39, 0.29) is 18.3 Å². The van der Waals surface area contributed by atoms with Crippen molar-refractivity contribution in [2.75, 3.05) is 18.2 Å². The molecule has 1 aromatic heterocycles. The summed E-state index contributed by atoms with van der Waals surface area (Å²) in [5, 5.41) is 13.5. The van der Waals surface area contributed by atoms with Gasteiger partial charge in [0.15, 0.2) is 5.16 Å². The maximum absolute atomic E-state index is 12.2. The van der Waals surface area contributed by atoms with Gasteiger partial charge in [-0.25, -0.2) is 4.98 Å². The van der Waals surface area contributed by atoms with Crippen molar-refractivity contribution in [3.05, 3.63) is 71.0 Å². The molecule has 6 nitrogen and oxygen atoms in total. The lowest BCUT2D eigenvalue weighted by atomic mass is 10.2. The number of hydrogen-bond acceptors (Lipinski definition) is 5. The molecule has 3 aromatic rings. The number of carbonyl (C=O) groups excluding carboxylic acids is 1. The summed E-state index contributed by atoms with van der Waals surface area (Å²) in [5.41, 5.74) is 2.32. The normalized spacial score (nSPS) is 10.7. The summed E-state index contributed by atoms with van der Waals surface area (Å²) >= 11 is 7.17. The summed E-state index contributed by atoms with van der Waals surface area (Å²) in [7, 11) is 1.63.